The van der Waals surface area contributed by atoms with E-state index in [4.69, 9.17) is 9.47 Å². The van der Waals surface area contributed by atoms with Crippen LogP contribution in [0.2, 0.25) is 0 Å². The van der Waals surface area contributed by atoms with Crippen molar-refractivity contribution in [3.8, 4) is 22.7 Å². The number of nitrogens with zero attached hydrogens (tertiary/aromatic N) is 2. The lowest BCUT2D eigenvalue weighted by Gasteiger charge is -2.09. The molecule has 1 aromatic heterocycles. The molecule has 0 aliphatic rings. The minimum Gasteiger partial charge on any atom is -0.491 e. The molecule has 0 saturated heterocycles. The van der Waals surface area contributed by atoms with Crippen LogP contribution in [-0.4, -0.2) is 43.0 Å². The maximum atomic E-state index is 14.9. The number of hydrogen-bond donors (Lipinski definition) is 0. The van der Waals surface area contributed by atoms with Gasteiger partial charge >= 0.3 is 11.9 Å². The lowest BCUT2D eigenvalue weighted by molar-refractivity contribution is 0.0549. The zero-order chi connectivity index (χ0) is 22.0. The summed E-state index contributed by atoms with van der Waals surface area (Å²) in [5.41, 5.74) is -2.13. The van der Waals surface area contributed by atoms with Crippen LogP contribution in [0.5, 0.6) is 5.75 Å². The van der Waals surface area contributed by atoms with Crippen LogP contribution in [0, 0.1) is 17.5 Å². The van der Waals surface area contributed by atoms with Gasteiger partial charge in [-0.05, 0) is 12.1 Å². The first-order valence-electron chi connectivity index (χ1n) is 8.42. The van der Waals surface area contributed by atoms with E-state index in [2.05, 4.69) is 9.84 Å². The molecular formula is C20H15F3N2O5. The number of ether oxygens (including phenoxy) is 3. The lowest BCUT2D eigenvalue weighted by atomic mass is 10.0. The molecule has 1 heterocycles. The van der Waals surface area contributed by atoms with Crippen LogP contribution in [0.3, 0.4) is 0 Å². The molecule has 0 aliphatic carbocycles. The fourth-order valence-electron chi connectivity index (χ4n) is 2.91. The molecule has 156 valence electrons. The maximum Gasteiger partial charge on any atom is 0.357 e. The molecule has 3 aromatic rings. The monoisotopic (exact) mass is 420 g/mol. The van der Waals surface area contributed by atoms with Crippen LogP contribution < -0.4 is 4.74 Å². The van der Waals surface area contributed by atoms with Crippen LogP contribution in [0.4, 0.5) is 13.2 Å². The van der Waals surface area contributed by atoms with Crippen LogP contribution >= 0.6 is 0 Å². The molecule has 0 fully saturated rings. The zero-order valence-corrected chi connectivity index (χ0v) is 16.0. The van der Waals surface area contributed by atoms with E-state index in [-0.39, 0.29) is 0 Å². The second-order valence-corrected chi connectivity index (χ2v) is 5.87. The van der Waals surface area contributed by atoms with Crippen molar-refractivity contribution in [1.29, 1.82) is 0 Å². The van der Waals surface area contributed by atoms with Gasteiger partial charge in [-0.15, -0.1) is 0 Å². The molecule has 0 aliphatic heterocycles. The Morgan fingerprint density at radius 2 is 1.57 bits per heavy atom. The molecule has 10 heteroatoms. The second-order valence-electron chi connectivity index (χ2n) is 5.87. The summed E-state index contributed by atoms with van der Waals surface area (Å²) < 4.78 is 58.5. The minimum atomic E-state index is -1.44. The number of benzene rings is 2. The van der Waals surface area contributed by atoms with Crippen molar-refractivity contribution in [2.75, 3.05) is 21.3 Å². The van der Waals surface area contributed by atoms with Crippen molar-refractivity contribution >= 4 is 11.9 Å². The Morgan fingerprint density at radius 1 is 0.933 bits per heavy atom. The average molecular weight is 420 g/mol. The normalized spacial score (nSPS) is 10.6. The van der Waals surface area contributed by atoms with Gasteiger partial charge in [0.15, 0.2) is 23.1 Å². The van der Waals surface area contributed by atoms with Crippen molar-refractivity contribution in [1.82, 2.24) is 9.78 Å². The summed E-state index contributed by atoms with van der Waals surface area (Å²) in [4.78, 5) is 25.0. The third-order valence-electron chi connectivity index (χ3n) is 4.22. The van der Waals surface area contributed by atoms with Crippen LogP contribution in [0.25, 0.3) is 16.9 Å². The van der Waals surface area contributed by atoms with Gasteiger partial charge in [-0.3, -0.25) is 0 Å². The average Bonchev–Trinajstić information content (AvgIpc) is 3.13. The largest absolute Gasteiger partial charge is 0.491 e. The second kappa shape index (κ2) is 8.27. The smallest absolute Gasteiger partial charge is 0.357 e. The molecule has 2 aromatic carbocycles. The van der Waals surface area contributed by atoms with Gasteiger partial charge in [0.05, 0.1) is 32.6 Å². The molecular weight excluding hydrogens is 405 g/mol. The Morgan fingerprint density at radius 3 is 2.13 bits per heavy atom. The molecule has 0 atom stereocenters. The summed E-state index contributed by atoms with van der Waals surface area (Å²) in [6.07, 6.45) is 0. The Labute approximate surface area is 168 Å². The number of carbonyl (C=O) groups is 2. The number of para-hydroxylation sites is 1. The highest BCUT2D eigenvalue weighted by Gasteiger charge is 2.35. The molecule has 0 radical (unpaired) electrons. The van der Waals surface area contributed by atoms with Crippen LogP contribution in [0.1, 0.15) is 20.8 Å². The summed E-state index contributed by atoms with van der Waals surface area (Å²) in [6.45, 7) is 0. The molecule has 0 amide bonds. The van der Waals surface area contributed by atoms with Gasteiger partial charge in [0.1, 0.15) is 17.1 Å². The quantitative estimate of drug-likeness (QED) is 0.588. The Kier molecular flexibility index (Phi) is 5.77. The minimum absolute atomic E-state index is 0.296. The van der Waals surface area contributed by atoms with Crippen LogP contribution in [0.15, 0.2) is 36.4 Å². The van der Waals surface area contributed by atoms with Gasteiger partial charge in [-0.1, -0.05) is 18.2 Å². The van der Waals surface area contributed by atoms with E-state index >= 15 is 0 Å². The number of methoxy groups -OCH3 is 3. The fraction of sp³-hybridized carbons (Fsp3) is 0.150. The Bertz CT molecular complexity index is 1130. The van der Waals surface area contributed by atoms with E-state index in [1.165, 1.54) is 0 Å². The number of esters is 2. The zero-order valence-electron chi connectivity index (χ0n) is 16.0. The van der Waals surface area contributed by atoms with Crippen LogP contribution in [-0.2, 0) is 9.47 Å². The van der Waals surface area contributed by atoms with Crippen molar-refractivity contribution < 1.29 is 37.0 Å². The van der Waals surface area contributed by atoms with Gasteiger partial charge in [-0.2, -0.15) is 5.10 Å². The van der Waals surface area contributed by atoms with E-state index in [1.807, 2.05) is 0 Å². The number of hydrogen-bond acceptors (Lipinski definition) is 6. The molecule has 0 N–H and O–H groups in total. The summed E-state index contributed by atoms with van der Waals surface area (Å²) in [6, 6.07) is 8.41. The molecule has 7 nitrogen and oxygen atoms in total. The number of halogens is 3. The van der Waals surface area contributed by atoms with E-state index in [0.717, 1.165) is 26.0 Å². The summed E-state index contributed by atoms with van der Waals surface area (Å²) >= 11 is 0. The van der Waals surface area contributed by atoms with Gasteiger partial charge in [0.25, 0.3) is 0 Å². The Balaban J connectivity index is 2.46. The molecule has 30 heavy (non-hydrogen) atoms. The van der Waals surface area contributed by atoms with E-state index < -0.39 is 57.7 Å². The van der Waals surface area contributed by atoms with Gasteiger partial charge in [-0.25, -0.2) is 27.4 Å². The van der Waals surface area contributed by atoms with Crippen molar-refractivity contribution in [2.24, 2.45) is 0 Å². The van der Waals surface area contributed by atoms with Gasteiger partial charge in [0, 0.05) is 6.07 Å². The standard InChI is InChI=1S/C20H15F3N2O5/c1-28-18-12(22)9-11(21)13(15(18)23)16-14(19(26)29-2)17(20(27)30-3)25(24-16)10-7-5-4-6-8-10/h4-9H,1-3H3. The predicted octanol–water partition coefficient (Wildman–Crippen LogP) is 3.54. The summed E-state index contributed by atoms with van der Waals surface area (Å²) in [7, 11) is 3.07. The van der Waals surface area contributed by atoms with Crippen molar-refractivity contribution in [3.63, 3.8) is 0 Å². The molecule has 0 bridgehead atoms. The third kappa shape index (κ3) is 3.36. The van der Waals surface area contributed by atoms with Gasteiger partial charge < -0.3 is 14.2 Å². The predicted molar refractivity (Wildman–Crippen MR) is 98.1 cm³/mol. The summed E-state index contributed by atoms with van der Waals surface area (Å²) in [5.74, 6) is -7.07. The topological polar surface area (TPSA) is 79.7 Å². The fourth-order valence-corrected chi connectivity index (χ4v) is 2.91. The molecule has 0 spiro atoms. The van der Waals surface area contributed by atoms with Crippen molar-refractivity contribution in [3.05, 3.63) is 65.1 Å². The van der Waals surface area contributed by atoms with E-state index in [9.17, 15) is 22.8 Å². The van der Waals surface area contributed by atoms with E-state index in [1.54, 1.807) is 30.3 Å². The van der Waals surface area contributed by atoms with Gasteiger partial charge in [0.2, 0.25) is 0 Å². The van der Waals surface area contributed by atoms with Crippen molar-refractivity contribution in [2.45, 2.75) is 0 Å². The highest BCUT2D eigenvalue weighted by Crippen LogP contribution is 2.37. The maximum absolute atomic E-state index is 14.9. The first-order valence-corrected chi connectivity index (χ1v) is 8.42. The number of aromatic nitrogens is 2. The first-order chi connectivity index (χ1) is 14.3. The first kappa shape index (κ1) is 20.9. The highest BCUT2D eigenvalue weighted by atomic mass is 19.1. The molecule has 0 saturated carbocycles. The summed E-state index contributed by atoms with van der Waals surface area (Å²) in [5, 5.41) is 4.07. The van der Waals surface area contributed by atoms with E-state index in [0.29, 0.717) is 11.8 Å². The number of carbonyl (C=O) groups excluding carboxylic acids is 2. The SMILES string of the molecule is COC(=O)c1c(-c2c(F)cc(F)c(OC)c2F)nn(-c2ccccc2)c1C(=O)OC. The molecule has 0 unspecified atom stereocenters. The molecule has 3 rings (SSSR count). The Hall–Kier alpha value is -3.82. The lowest BCUT2D eigenvalue weighted by Crippen LogP contribution is -2.15. The number of rotatable bonds is 5. The third-order valence-corrected chi connectivity index (χ3v) is 4.22. The highest BCUT2D eigenvalue weighted by molar-refractivity contribution is 6.07.